The van der Waals surface area contributed by atoms with E-state index in [9.17, 15) is 43.5 Å². The number of hydrogen-bond donors (Lipinski definition) is 6. The summed E-state index contributed by atoms with van der Waals surface area (Å²) >= 11 is 0. The number of ether oxygens (including phenoxy) is 3. The Balaban J connectivity index is 1.08. The topological polar surface area (TPSA) is 245 Å². The molecule has 5 amide bonds. The highest BCUT2D eigenvalue weighted by atomic mass is 16.5. The maximum atomic E-state index is 13.4. The molecule has 1 aliphatic carbocycles. The molecular weight excluding hydrogens is 827 g/mol. The first kappa shape index (κ1) is 50.2. The number of Topliss-reactive ketones (excluding diaryl/α,β-unsaturated/α-hetero) is 2. The van der Waals surface area contributed by atoms with Gasteiger partial charge in [0.25, 0.3) is 0 Å². The molecule has 344 valence electrons. The summed E-state index contributed by atoms with van der Waals surface area (Å²) in [6.07, 6.45) is -0.156. The minimum Gasteiger partial charge on any atom is -0.480 e. The van der Waals surface area contributed by atoms with Crippen molar-refractivity contribution in [3.05, 3.63) is 95.6 Å². The smallest absolute Gasteiger partial charge is 0.407 e. The van der Waals surface area contributed by atoms with Crippen LogP contribution >= 0.6 is 0 Å². The van der Waals surface area contributed by atoms with E-state index in [0.29, 0.717) is 12.8 Å². The number of hydrogen-bond acceptors (Lipinski definition) is 11. The number of ketones is 2. The van der Waals surface area contributed by atoms with E-state index in [-0.39, 0.29) is 88.7 Å². The molecule has 3 atom stereocenters. The fourth-order valence-corrected chi connectivity index (χ4v) is 7.07. The Labute approximate surface area is 372 Å². The molecule has 17 heteroatoms. The van der Waals surface area contributed by atoms with Crippen molar-refractivity contribution in [2.75, 3.05) is 46.1 Å². The first-order chi connectivity index (χ1) is 30.7. The lowest BCUT2D eigenvalue weighted by atomic mass is 9.98. The van der Waals surface area contributed by atoms with E-state index in [0.717, 1.165) is 27.8 Å². The summed E-state index contributed by atoms with van der Waals surface area (Å²) in [6, 6.07) is 21.3. The van der Waals surface area contributed by atoms with Gasteiger partial charge < -0.3 is 45.9 Å². The minimum absolute atomic E-state index is 0.0255. The summed E-state index contributed by atoms with van der Waals surface area (Å²) in [4.78, 5) is 99.8. The average Bonchev–Trinajstić information content (AvgIpc) is 3.59. The first-order valence-corrected chi connectivity index (χ1v) is 21.4. The standard InChI is InChI=1S/C47H59N5O12/c1-30(2)24-40(44(57)49-26-31(3)53)51-45(58)41(25-32-12-5-4-6-13-32)50-42(55)27-48-43(56)29-63-23-22-62-21-11-14-33(54)19-20-39(46(59)60)52-47(61)64-28-38-36-17-9-7-15-34(36)35-16-8-10-18-37(35)38/h4-10,12-13,15-18,30,38-41H,11,14,19-29H2,1-3H3,(H,48,56)(H,49,57)(H,50,55)(H,51,58)(H,52,61)(H,59,60). The Morgan fingerprint density at radius 3 is 1.94 bits per heavy atom. The van der Waals surface area contributed by atoms with Gasteiger partial charge in [0, 0.05) is 31.8 Å². The van der Waals surface area contributed by atoms with Crippen molar-refractivity contribution in [1.29, 1.82) is 0 Å². The lowest BCUT2D eigenvalue weighted by Gasteiger charge is -2.24. The number of rotatable bonds is 28. The van der Waals surface area contributed by atoms with Crippen molar-refractivity contribution in [3.63, 3.8) is 0 Å². The van der Waals surface area contributed by atoms with Crippen LogP contribution in [0.3, 0.4) is 0 Å². The van der Waals surface area contributed by atoms with Crippen LogP contribution in [0, 0.1) is 5.92 Å². The van der Waals surface area contributed by atoms with Crippen molar-refractivity contribution >= 4 is 47.3 Å². The summed E-state index contributed by atoms with van der Waals surface area (Å²) in [5.74, 6) is -4.22. The van der Waals surface area contributed by atoms with E-state index in [1.807, 2.05) is 68.4 Å². The third-order valence-electron chi connectivity index (χ3n) is 10.2. The molecule has 1 aliphatic rings. The van der Waals surface area contributed by atoms with E-state index in [4.69, 9.17) is 14.2 Å². The number of carboxylic acid groups (broad SMARTS) is 1. The normalized spacial score (nSPS) is 13.1. The van der Waals surface area contributed by atoms with Gasteiger partial charge >= 0.3 is 12.1 Å². The fourth-order valence-electron chi connectivity index (χ4n) is 7.07. The van der Waals surface area contributed by atoms with Crippen LogP contribution in [0.5, 0.6) is 0 Å². The fraction of sp³-hybridized carbons (Fsp3) is 0.447. The number of carbonyl (C=O) groups excluding carboxylic acids is 7. The number of benzene rings is 3. The second kappa shape index (κ2) is 26.2. The van der Waals surface area contributed by atoms with Crippen molar-refractivity contribution in [2.24, 2.45) is 5.92 Å². The van der Waals surface area contributed by atoms with Crippen LogP contribution in [0.25, 0.3) is 11.1 Å². The maximum absolute atomic E-state index is 13.4. The number of aliphatic carboxylic acids is 1. The molecule has 3 unspecified atom stereocenters. The molecule has 0 spiro atoms. The average molecular weight is 886 g/mol. The van der Waals surface area contributed by atoms with Crippen molar-refractivity contribution in [1.82, 2.24) is 26.6 Å². The maximum Gasteiger partial charge on any atom is 0.407 e. The van der Waals surface area contributed by atoms with Crippen LogP contribution in [-0.4, -0.2) is 117 Å². The number of alkyl carbamates (subject to hydrolysis) is 1. The number of carboxylic acids is 1. The van der Waals surface area contributed by atoms with Crippen LogP contribution in [0.15, 0.2) is 78.9 Å². The first-order valence-electron chi connectivity index (χ1n) is 21.4. The summed E-state index contributed by atoms with van der Waals surface area (Å²) < 4.78 is 16.3. The molecule has 0 radical (unpaired) electrons. The molecule has 6 N–H and O–H groups in total. The van der Waals surface area contributed by atoms with Gasteiger partial charge in [-0.1, -0.05) is 92.7 Å². The molecule has 0 bridgehead atoms. The van der Waals surface area contributed by atoms with E-state index in [2.05, 4.69) is 26.6 Å². The molecule has 0 fully saturated rings. The predicted molar refractivity (Wildman–Crippen MR) is 235 cm³/mol. The minimum atomic E-state index is -1.31. The molecule has 0 saturated heterocycles. The zero-order valence-electron chi connectivity index (χ0n) is 36.5. The monoisotopic (exact) mass is 885 g/mol. The number of fused-ring (bicyclic) bond motifs is 3. The van der Waals surface area contributed by atoms with Gasteiger partial charge in [0.1, 0.15) is 42.9 Å². The Kier molecular flexibility index (Phi) is 20.6. The van der Waals surface area contributed by atoms with Crippen LogP contribution in [-0.2, 0) is 54.2 Å². The van der Waals surface area contributed by atoms with E-state index in [1.54, 1.807) is 24.3 Å². The Morgan fingerprint density at radius 1 is 0.656 bits per heavy atom. The molecule has 4 rings (SSSR count). The lowest BCUT2D eigenvalue weighted by molar-refractivity contribution is -0.139. The molecule has 0 aliphatic heterocycles. The van der Waals surface area contributed by atoms with Crippen molar-refractivity contribution in [2.45, 2.75) is 83.3 Å². The molecule has 3 aromatic carbocycles. The summed E-state index contributed by atoms with van der Waals surface area (Å²) in [5.41, 5.74) is 4.93. The summed E-state index contributed by atoms with van der Waals surface area (Å²) in [5, 5.41) is 22.3. The zero-order valence-corrected chi connectivity index (χ0v) is 36.5. The van der Waals surface area contributed by atoms with Crippen LogP contribution in [0.2, 0.25) is 0 Å². The molecule has 3 aromatic rings. The highest BCUT2D eigenvalue weighted by Gasteiger charge is 2.31. The Bertz CT molecular complexity index is 2030. The molecule has 0 aromatic heterocycles. The molecule has 0 heterocycles. The highest BCUT2D eigenvalue weighted by molar-refractivity contribution is 5.94. The van der Waals surface area contributed by atoms with Crippen LogP contribution in [0.4, 0.5) is 4.79 Å². The van der Waals surface area contributed by atoms with Crippen LogP contribution in [0.1, 0.15) is 75.5 Å². The molecule has 64 heavy (non-hydrogen) atoms. The number of carbonyl (C=O) groups is 8. The highest BCUT2D eigenvalue weighted by Crippen LogP contribution is 2.44. The number of nitrogens with one attached hydrogen (secondary N) is 5. The SMILES string of the molecule is CC(=O)CNC(=O)C(CC(C)C)NC(=O)C(Cc1ccccc1)NC(=O)CNC(=O)COCCOCCCC(=O)CCC(NC(=O)OCC1c2ccccc2-c2ccccc21)C(=O)O. The zero-order chi connectivity index (χ0) is 46.4. The van der Waals surface area contributed by atoms with Crippen LogP contribution < -0.4 is 26.6 Å². The van der Waals surface area contributed by atoms with Crippen molar-refractivity contribution < 1.29 is 57.7 Å². The second-order valence-electron chi connectivity index (χ2n) is 15.9. The third-order valence-corrected chi connectivity index (χ3v) is 10.2. The quantitative estimate of drug-likeness (QED) is 0.0576. The van der Waals surface area contributed by atoms with Gasteiger partial charge in [0.05, 0.1) is 26.3 Å². The second-order valence-corrected chi connectivity index (χ2v) is 15.9. The van der Waals surface area contributed by atoms with E-state index >= 15 is 0 Å². The van der Waals surface area contributed by atoms with Gasteiger partial charge in [-0.3, -0.25) is 28.8 Å². The van der Waals surface area contributed by atoms with Gasteiger partial charge in [-0.05, 0) is 59.9 Å². The van der Waals surface area contributed by atoms with Crippen molar-refractivity contribution in [3.8, 4) is 11.1 Å². The van der Waals surface area contributed by atoms with Gasteiger partial charge in [0.2, 0.25) is 23.6 Å². The Hall–Kier alpha value is -6.46. The van der Waals surface area contributed by atoms with Gasteiger partial charge in [-0.25, -0.2) is 9.59 Å². The molecule has 17 nitrogen and oxygen atoms in total. The summed E-state index contributed by atoms with van der Waals surface area (Å²) in [6.45, 7) is 4.51. The predicted octanol–water partition coefficient (Wildman–Crippen LogP) is 3.22. The number of amides is 5. The lowest BCUT2D eigenvalue weighted by Crippen LogP contribution is -2.56. The third kappa shape index (κ3) is 17.0. The summed E-state index contributed by atoms with van der Waals surface area (Å²) in [7, 11) is 0. The van der Waals surface area contributed by atoms with Gasteiger partial charge in [-0.15, -0.1) is 0 Å². The van der Waals surface area contributed by atoms with E-state index < -0.39 is 60.4 Å². The molecular formula is C47H59N5O12. The van der Waals surface area contributed by atoms with Gasteiger partial charge in [-0.2, -0.15) is 0 Å². The van der Waals surface area contributed by atoms with E-state index in [1.165, 1.54) is 6.92 Å². The van der Waals surface area contributed by atoms with Gasteiger partial charge in [0.15, 0.2) is 0 Å². The largest absolute Gasteiger partial charge is 0.480 e. The molecule has 0 saturated carbocycles. The Morgan fingerprint density at radius 2 is 1.30 bits per heavy atom.